The number of aliphatic hydroxyl groups excluding tert-OH is 9. The monoisotopic (exact) mass is 1360 g/mol. The van der Waals surface area contributed by atoms with E-state index in [9.17, 15) is 89.1 Å². The molecular formula is C59H104N8O27. The van der Waals surface area contributed by atoms with Gasteiger partial charge < -0.3 is 126 Å². The van der Waals surface area contributed by atoms with Crippen LogP contribution in [0.3, 0.4) is 0 Å². The van der Waals surface area contributed by atoms with Gasteiger partial charge in [-0.15, -0.1) is 0 Å². The Morgan fingerprint density at radius 1 is 0.362 bits per heavy atom. The third kappa shape index (κ3) is 32.2. The molecule has 3 aliphatic rings. The minimum Gasteiger partial charge on any atom is -0.394 e. The molecule has 3 rings (SSSR count). The van der Waals surface area contributed by atoms with Gasteiger partial charge in [-0.1, -0.05) is 6.92 Å². The summed E-state index contributed by atoms with van der Waals surface area (Å²) < 4.78 is 51.2. The molecule has 0 aromatic rings. The van der Waals surface area contributed by atoms with E-state index in [-0.39, 0.29) is 154 Å². The first-order valence-electron chi connectivity index (χ1n) is 32.0. The summed E-state index contributed by atoms with van der Waals surface area (Å²) >= 11 is 0. The lowest BCUT2D eigenvalue weighted by Gasteiger charge is -2.42. The van der Waals surface area contributed by atoms with E-state index in [0.29, 0.717) is 44.9 Å². The third-order valence-corrected chi connectivity index (χ3v) is 15.0. The quantitative estimate of drug-likeness (QED) is 0.0252. The Morgan fingerprint density at radius 2 is 0.628 bits per heavy atom. The van der Waals surface area contributed by atoms with Crippen LogP contribution in [-0.2, 0) is 85.8 Å². The van der Waals surface area contributed by atoms with Crippen LogP contribution in [0.1, 0.15) is 118 Å². The molecule has 35 heteroatoms. The summed E-state index contributed by atoms with van der Waals surface area (Å²) in [5.74, 6) is -3.70. The van der Waals surface area contributed by atoms with E-state index in [1.807, 2.05) is 0 Å². The fourth-order valence-electron chi connectivity index (χ4n) is 9.90. The minimum absolute atomic E-state index is 0.00485. The molecule has 15 atom stereocenters. The van der Waals surface area contributed by atoms with E-state index < -0.39 is 147 Å². The Kier molecular flexibility index (Phi) is 40.6. The van der Waals surface area contributed by atoms with Gasteiger partial charge in [-0.05, 0) is 51.4 Å². The molecule has 0 aromatic heterocycles. The SMILES string of the molecule is CC(=O)NC1C(OCCCCC(=O)NCCCNC(=O)CCOCC(C)(COCCC(=O)NCCCNC(=O)CCCCOC2OC(CO)C(O)C(O)C2NC(C)=O)COCCC(=O)NC(=O)CCCCOC2OC(CO)C(O)C(O)C2NC(C)=O)OC(CO)C(O)C1O. The number of amides is 9. The molecule has 0 saturated carbocycles. The summed E-state index contributed by atoms with van der Waals surface area (Å²) in [6, 6.07) is -3.27. The Balaban J connectivity index is 1.36. The van der Waals surface area contributed by atoms with Crippen LogP contribution in [0, 0.1) is 5.41 Å². The van der Waals surface area contributed by atoms with Crippen molar-refractivity contribution < 1.29 is 132 Å². The van der Waals surface area contributed by atoms with Crippen molar-refractivity contribution in [2.24, 2.45) is 5.41 Å². The summed E-state index contributed by atoms with van der Waals surface area (Å²) in [6.45, 7) is 4.99. The molecule has 35 nitrogen and oxygen atoms in total. The zero-order valence-corrected chi connectivity index (χ0v) is 54.2. The van der Waals surface area contributed by atoms with E-state index in [4.69, 9.17) is 42.6 Å². The lowest BCUT2D eigenvalue weighted by Crippen LogP contribution is -2.64. The normalized spacial score (nSPS) is 26.6. The van der Waals surface area contributed by atoms with Gasteiger partial charge in [0.05, 0.1) is 65.9 Å². The van der Waals surface area contributed by atoms with E-state index in [1.54, 1.807) is 6.92 Å². The number of rotatable bonds is 47. The van der Waals surface area contributed by atoms with Gasteiger partial charge in [-0.2, -0.15) is 0 Å². The molecule has 0 bridgehead atoms. The number of hydrogen-bond donors (Lipinski definition) is 17. The Labute approximate surface area is 546 Å². The summed E-state index contributed by atoms with van der Waals surface area (Å²) in [5.41, 5.74) is -0.850. The lowest BCUT2D eigenvalue weighted by molar-refractivity contribution is -0.270. The molecule has 0 spiro atoms. The van der Waals surface area contributed by atoms with Gasteiger partial charge >= 0.3 is 0 Å². The third-order valence-electron chi connectivity index (χ3n) is 15.0. The molecule has 3 fully saturated rings. The maximum Gasteiger partial charge on any atom is 0.228 e. The van der Waals surface area contributed by atoms with Gasteiger partial charge in [-0.3, -0.25) is 48.5 Å². The van der Waals surface area contributed by atoms with Crippen molar-refractivity contribution in [2.45, 2.75) is 210 Å². The van der Waals surface area contributed by atoms with Crippen LogP contribution in [0.5, 0.6) is 0 Å². The van der Waals surface area contributed by atoms with E-state index in [1.165, 1.54) is 20.8 Å². The molecule has 3 heterocycles. The number of aliphatic hydroxyl groups is 9. The topological polar surface area (TPSA) is 515 Å². The number of hydrogen-bond acceptors (Lipinski definition) is 27. The number of carbonyl (C=O) groups is 9. The molecule has 0 aliphatic carbocycles. The molecule has 94 heavy (non-hydrogen) atoms. The zero-order chi connectivity index (χ0) is 69.6. The second-order valence-corrected chi connectivity index (χ2v) is 23.6. The fourth-order valence-corrected chi connectivity index (χ4v) is 9.90. The molecule has 3 saturated heterocycles. The smallest absolute Gasteiger partial charge is 0.228 e. The Morgan fingerprint density at radius 3 is 0.915 bits per heavy atom. The molecule has 0 aromatic carbocycles. The molecule has 542 valence electrons. The first kappa shape index (κ1) is 82.9. The number of nitrogens with one attached hydrogen (secondary N) is 8. The van der Waals surface area contributed by atoms with E-state index >= 15 is 0 Å². The second kappa shape index (κ2) is 46.0. The van der Waals surface area contributed by atoms with Gasteiger partial charge in [0, 0.05) is 104 Å². The number of ether oxygens (including phenoxy) is 9. The number of unbranched alkanes of at least 4 members (excludes halogenated alkanes) is 3. The summed E-state index contributed by atoms with van der Waals surface area (Å²) in [5, 5.41) is 111. The molecule has 15 unspecified atom stereocenters. The van der Waals surface area contributed by atoms with Crippen molar-refractivity contribution in [1.82, 2.24) is 42.5 Å². The predicted molar refractivity (Wildman–Crippen MR) is 324 cm³/mol. The Hall–Kier alpha value is -5.29. The maximum absolute atomic E-state index is 12.7. The molecule has 9 amide bonds. The van der Waals surface area contributed by atoms with Crippen LogP contribution in [0.2, 0.25) is 0 Å². The highest BCUT2D eigenvalue weighted by Crippen LogP contribution is 2.26. The van der Waals surface area contributed by atoms with Gasteiger partial charge in [0.1, 0.15) is 73.1 Å². The van der Waals surface area contributed by atoms with Crippen molar-refractivity contribution in [3.8, 4) is 0 Å². The van der Waals surface area contributed by atoms with Crippen LogP contribution in [0.15, 0.2) is 0 Å². The van der Waals surface area contributed by atoms with E-state index in [0.717, 1.165) is 0 Å². The van der Waals surface area contributed by atoms with Gasteiger partial charge in [0.2, 0.25) is 53.2 Å². The van der Waals surface area contributed by atoms with Crippen LogP contribution >= 0.6 is 0 Å². The van der Waals surface area contributed by atoms with Crippen LogP contribution < -0.4 is 42.5 Å². The summed E-state index contributed by atoms with van der Waals surface area (Å²) in [4.78, 5) is 110. The Bertz CT molecular complexity index is 2180. The highest BCUT2D eigenvalue weighted by atomic mass is 16.7. The fraction of sp³-hybridized carbons (Fsp3) is 0.847. The average molecular weight is 1360 g/mol. The van der Waals surface area contributed by atoms with Gasteiger partial charge in [0.15, 0.2) is 18.9 Å². The summed E-state index contributed by atoms with van der Waals surface area (Å²) in [6.07, 6.45) is -12.3. The predicted octanol–water partition coefficient (Wildman–Crippen LogP) is -6.51. The van der Waals surface area contributed by atoms with Crippen molar-refractivity contribution >= 4 is 53.2 Å². The van der Waals surface area contributed by atoms with Crippen LogP contribution in [0.25, 0.3) is 0 Å². The standard InChI is InChI=1S/C59H104N8O27/c1-35(71)64-47-53(83)50(80)38(29-68)92-56(47)89-23-8-5-13-41(74)60-19-11-21-62-43(76)16-26-86-32-59(4,34-88-28-18-46(79)67-45(78)15-7-10-25-91-58-49(66-37(3)73)55(85)52(82)40(31-70)94-58)33-87-27-17-44(77)63-22-12-20-61-42(75)14-6-9-24-90-57-48(65-36(2)72)54(84)51(81)39(30-69)93-57/h38-40,47-58,68-70,80-85H,5-34H2,1-4H3,(H,60,74)(H,61,75)(H,62,76)(H,63,77)(H,64,71)(H,65,72)(H,66,73)(H,67,78,79). The maximum atomic E-state index is 12.7. The molecule has 3 aliphatic heterocycles. The molecule has 0 radical (unpaired) electrons. The number of imide groups is 1. The second-order valence-electron chi connectivity index (χ2n) is 23.6. The minimum atomic E-state index is -1.48. The van der Waals surface area contributed by atoms with Crippen LogP contribution in [0.4, 0.5) is 0 Å². The largest absolute Gasteiger partial charge is 0.394 e. The summed E-state index contributed by atoms with van der Waals surface area (Å²) in [7, 11) is 0. The van der Waals surface area contributed by atoms with Gasteiger partial charge in [-0.25, -0.2) is 0 Å². The van der Waals surface area contributed by atoms with Crippen molar-refractivity contribution in [1.29, 1.82) is 0 Å². The molecule has 17 N–H and O–H groups in total. The first-order chi connectivity index (χ1) is 44.8. The highest BCUT2D eigenvalue weighted by Gasteiger charge is 2.48. The highest BCUT2D eigenvalue weighted by molar-refractivity contribution is 5.95. The van der Waals surface area contributed by atoms with Crippen molar-refractivity contribution in [3.63, 3.8) is 0 Å². The number of carbonyl (C=O) groups excluding carboxylic acids is 9. The first-order valence-corrected chi connectivity index (χ1v) is 32.0. The average Bonchev–Trinajstić information content (AvgIpc) is 0.849. The van der Waals surface area contributed by atoms with Crippen LogP contribution in [-0.4, -0.2) is 297 Å². The van der Waals surface area contributed by atoms with Crippen molar-refractivity contribution in [2.75, 3.05) is 105 Å². The van der Waals surface area contributed by atoms with Crippen molar-refractivity contribution in [3.05, 3.63) is 0 Å². The lowest BCUT2D eigenvalue weighted by atomic mass is 9.94. The van der Waals surface area contributed by atoms with Gasteiger partial charge in [0.25, 0.3) is 0 Å². The molecular weight excluding hydrogens is 1250 g/mol. The zero-order valence-electron chi connectivity index (χ0n) is 54.2. The van der Waals surface area contributed by atoms with E-state index in [2.05, 4.69) is 42.5 Å².